The number of nitrogens with one attached hydrogen (secondary N) is 1. The van der Waals surface area contributed by atoms with Crippen molar-refractivity contribution in [3.8, 4) is 0 Å². The minimum absolute atomic E-state index is 0.0646. The first-order valence-corrected chi connectivity index (χ1v) is 5.71. The fourth-order valence-electron chi connectivity index (χ4n) is 1.69. The molecule has 1 aliphatic heterocycles. The fourth-order valence-corrected chi connectivity index (χ4v) is 1.69. The van der Waals surface area contributed by atoms with Crippen LogP contribution in [0.1, 0.15) is 20.3 Å². The summed E-state index contributed by atoms with van der Waals surface area (Å²) >= 11 is 0. The highest BCUT2D eigenvalue weighted by atomic mass is 16.3. The first-order valence-electron chi connectivity index (χ1n) is 5.71. The Hall–Kier alpha value is -1.10. The van der Waals surface area contributed by atoms with Gasteiger partial charge in [0.2, 0.25) is 11.8 Å². The van der Waals surface area contributed by atoms with Crippen LogP contribution in [0, 0.1) is 11.8 Å². The Labute approximate surface area is 95.8 Å². The molecule has 1 aliphatic rings. The molecular weight excluding hydrogens is 208 g/mol. The molecular formula is C11H20N2O3. The van der Waals surface area contributed by atoms with Crippen molar-refractivity contribution in [2.24, 2.45) is 11.8 Å². The second-order valence-electron chi connectivity index (χ2n) is 4.55. The van der Waals surface area contributed by atoms with E-state index in [0.717, 1.165) is 6.42 Å². The molecule has 1 rings (SSSR count). The standard InChI is InChI=1S/C11H20N2O3/c1-8(2)11(16)12-5-10(15)13-4-3-9(6-13)7-14/h8-9,14H,3-7H2,1-2H3,(H,12,16)/t9-/m1/s1. The van der Waals surface area contributed by atoms with Crippen LogP contribution in [0.3, 0.4) is 0 Å². The second-order valence-corrected chi connectivity index (χ2v) is 4.55. The van der Waals surface area contributed by atoms with Gasteiger partial charge in [0, 0.05) is 31.5 Å². The van der Waals surface area contributed by atoms with Crippen LogP contribution in [0.2, 0.25) is 0 Å². The third kappa shape index (κ3) is 3.48. The van der Waals surface area contributed by atoms with Crippen molar-refractivity contribution in [3.05, 3.63) is 0 Å². The largest absolute Gasteiger partial charge is 0.396 e. The van der Waals surface area contributed by atoms with Crippen molar-refractivity contribution >= 4 is 11.8 Å². The Bertz CT molecular complexity index is 266. The van der Waals surface area contributed by atoms with Gasteiger partial charge in [-0.1, -0.05) is 13.8 Å². The SMILES string of the molecule is CC(C)C(=O)NCC(=O)N1CC[C@@H](CO)C1. The summed E-state index contributed by atoms with van der Waals surface area (Å²) in [5.41, 5.74) is 0. The zero-order valence-corrected chi connectivity index (χ0v) is 9.90. The van der Waals surface area contributed by atoms with Crippen molar-refractivity contribution in [3.63, 3.8) is 0 Å². The molecule has 1 heterocycles. The summed E-state index contributed by atoms with van der Waals surface area (Å²) in [7, 11) is 0. The van der Waals surface area contributed by atoms with E-state index in [4.69, 9.17) is 5.11 Å². The lowest BCUT2D eigenvalue weighted by atomic mass is 10.1. The molecule has 0 bridgehead atoms. The zero-order valence-electron chi connectivity index (χ0n) is 9.90. The normalized spacial score (nSPS) is 20.2. The third-order valence-electron chi connectivity index (χ3n) is 2.83. The molecule has 0 aromatic carbocycles. The number of amides is 2. The van der Waals surface area contributed by atoms with E-state index >= 15 is 0 Å². The van der Waals surface area contributed by atoms with Gasteiger partial charge in [0.1, 0.15) is 0 Å². The van der Waals surface area contributed by atoms with Crippen molar-refractivity contribution in [2.45, 2.75) is 20.3 Å². The number of hydrogen-bond donors (Lipinski definition) is 2. The van der Waals surface area contributed by atoms with Gasteiger partial charge in [-0.2, -0.15) is 0 Å². The van der Waals surface area contributed by atoms with Gasteiger partial charge in [-0.25, -0.2) is 0 Å². The number of rotatable bonds is 4. The lowest BCUT2D eigenvalue weighted by Crippen LogP contribution is -2.40. The van der Waals surface area contributed by atoms with E-state index in [1.54, 1.807) is 18.7 Å². The van der Waals surface area contributed by atoms with Crippen LogP contribution in [-0.2, 0) is 9.59 Å². The van der Waals surface area contributed by atoms with Crippen LogP contribution in [0.4, 0.5) is 0 Å². The minimum Gasteiger partial charge on any atom is -0.396 e. The maximum Gasteiger partial charge on any atom is 0.241 e. The number of aliphatic hydroxyl groups is 1. The number of hydrogen-bond acceptors (Lipinski definition) is 3. The molecule has 16 heavy (non-hydrogen) atoms. The van der Waals surface area contributed by atoms with Crippen LogP contribution < -0.4 is 5.32 Å². The van der Waals surface area contributed by atoms with E-state index in [1.165, 1.54) is 0 Å². The van der Waals surface area contributed by atoms with E-state index in [2.05, 4.69) is 5.32 Å². The molecule has 1 atom stereocenters. The van der Waals surface area contributed by atoms with Crippen LogP contribution >= 0.6 is 0 Å². The molecule has 0 saturated carbocycles. The topological polar surface area (TPSA) is 69.6 Å². The van der Waals surface area contributed by atoms with Gasteiger partial charge in [0.05, 0.1) is 6.54 Å². The number of likely N-dealkylation sites (tertiary alicyclic amines) is 1. The summed E-state index contributed by atoms with van der Waals surface area (Å²) in [6.07, 6.45) is 0.848. The zero-order chi connectivity index (χ0) is 12.1. The summed E-state index contributed by atoms with van der Waals surface area (Å²) < 4.78 is 0. The predicted octanol–water partition coefficient (Wildman–Crippen LogP) is -0.401. The molecule has 1 saturated heterocycles. The van der Waals surface area contributed by atoms with Crippen molar-refractivity contribution in [1.82, 2.24) is 10.2 Å². The Kier molecular flexibility index (Phi) is 4.73. The van der Waals surface area contributed by atoms with E-state index in [0.29, 0.717) is 13.1 Å². The Morgan fingerprint density at radius 2 is 2.19 bits per heavy atom. The minimum atomic E-state index is -0.105. The highest BCUT2D eigenvalue weighted by Crippen LogP contribution is 2.14. The fraction of sp³-hybridized carbons (Fsp3) is 0.818. The molecule has 0 aromatic heterocycles. The first-order chi connectivity index (χ1) is 7.54. The molecule has 0 radical (unpaired) electrons. The van der Waals surface area contributed by atoms with Gasteiger partial charge in [0.25, 0.3) is 0 Å². The van der Waals surface area contributed by atoms with Crippen LogP contribution in [0.15, 0.2) is 0 Å². The quantitative estimate of drug-likeness (QED) is 0.688. The Balaban J connectivity index is 2.28. The average molecular weight is 228 g/mol. The molecule has 0 unspecified atom stereocenters. The molecule has 5 heteroatoms. The first kappa shape index (κ1) is 13.0. The van der Waals surface area contributed by atoms with Crippen molar-refractivity contribution in [1.29, 1.82) is 0 Å². The molecule has 0 aliphatic carbocycles. The summed E-state index contributed by atoms with van der Waals surface area (Å²) in [5, 5.41) is 11.5. The number of carbonyl (C=O) groups is 2. The second kappa shape index (κ2) is 5.84. The summed E-state index contributed by atoms with van der Waals surface area (Å²) in [6, 6.07) is 0. The maximum absolute atomic E-state index is 11.7. The van der Waals surface area contributed by atoms with Gasteiger partial charge >= 0.3 is 0 Å². The summed E-state index contributed by atoms with van der Waals surface area (Å²) in [5.74, 6) is -0.0717. The van der Waals surface area contributed by atoms with Gasteiger partial charge in [-0.3, -0.25) is 9.59 Å². The molecule has 0 aromatic rings. The molecule has 92 valence electrons. The monoisotopic (exact) mass is 228 g/mol. The van der Waals surface area contributed by atoms with Gasteiger partial charge < -0.3 is 15.3 Å². The molecule has 5 nitrogen and oxygen atoms in total. The Morgan fingerprint density at radius 1 is 1.50 bits per heavy atom. The highest BCUT2D eigenvalue weighted by Gasteiger charge is 2.25. The molecule has 2 amide bonds. The molecule has 2 N–H and O–H groups in total. The predicted molar refractivity (Wildman–Crippen MR) is 59.6 cm³/mol. The van der Waals surface area contributed by atoms with Gasteiger partial charge in [0.15, 0.2) is 0 Å². The smallest absolute Gasteiger partial charge is 0.241 e. The molecule has 0 spiro atoms. The van der Waals surface area contributed by atoms with E-state index < -0.39 is 0 Å². The maximum atomic E-state index is 11.7. The van der Waals surface area contributed by atoms with Crippen LogP contribution in [0.5, 0.6) is 0 Å². The van der Waals surface area contributed by atoms with Crippen LogP contribution in [-0.4, -0.2) is 48.1 Å². The lowest BCUT2D eigenvalue weighted by molar-refractivity contribution is -0.133. The van der Waals surface area contributed by atoms with Crippen LogP contribution in [0.25, 0.3) is 0 Å². The average Bonchev–Trinajstić information content (AvgIpc) is 2.73. The third-order valence-corrected chi connectivity index (χ3v) is 2.83. The molecule has 1 fully saturated rings. The van der Waals surface area contributed by atoms with E-state index in [9.17, 15) is 9.59 Å². The number of aliphatic hydroxyl groups excluding tert-OH is 1. The van der Waals surface area contributed by atoms with Crippen molar-refractivity contribution < 1.29 is 14.7 Å². The van der Waals surface area contributed by atoms with E-state index in [-0.39, 0.29) is 36.8 Å². The number of carbonyl (C=O) groups excluding carboxylic acids is 2. The Morgan fingerprint density at radius 3 is 2.69 bits per heavy atom. The van der Waals surface area contributed by atoms with Crippen molar-refractivity contribution in [2.75, 3.05) is 26.2 Å². The summed E-state index contributed by atoms with van der Waals surface area (Å²) in [4.78, 5) is 24.6. The van der Waals surface area contributed by atoms with Gasteiger partial charge in [-0.15, -0.1) is 0 Å². The highest BCUT2D eigenvalue weighted by molar-refractivity contribution is 5.85. The lowest BCUT2D eigenvalue weighted by Gasteiger charge is -2.16. The van der Waals surface area contributed by atoms with E-state index in [1.807, 2.05) is 0 Å². The number of nitrogens with zero attached hydrogens (tertiary/aromatic N) is 1. The van der Waals surface area contributed by atoms with Gasteiger partial charge in [-0.05, 0) is 6.42 Å². The summed E-state index contributed by atoms with van der Waals surface area (Å²) in [6.45, 7) is 5.06.